The number of esters is 1. The van der Waals surface area contributed by atoms with Crippen molar-refractivity contribution in [3.05, 3.63) is 64.2 Å². The van der Waals surface area contributed by atoms with Gasteiger partial charge in [0.25, 0.3) is 11.6 Å². The number of carbonyl (C=O) groups is 2. The van der Waals surface area contributed by atoms with E-state index in [0.29, 0.717) is 6.61 Å². The van der Waals surface area contributed by atoms with Crippen molar-refractivity contribution in [3.63, 3.8) is 0 Å². The number of nitrogens with zero attached hydrogens (tertiary/aromatic N) is 1. The molecule has 0 aliphatic heterocycles. The lowest BCUT2D eigenvalue weighted by Gasteiger charge is -2.13. The number of carbonyl (C=O) groups excluding carboxylic acids is 2. The standard InChI is InChI=1S/C21H22N2O7/c1-4-29-16-8-5-15(6-9-16)7-12-20(24)30-14(2)21(25)22-18-11-10-17(28-3)13-19(18)23(26)27/h5-14H,4H2,1-3H3,(H,22,25)/b12-7+/t14-/m1/s1. The molecule has 0 aromatic heterocycles. The van der Waals surface area contributed by atoms with E-state index in [9.17, 15) is 19.7 Å². The van der Waals surface area contributed by atoms with E-state index in [1.807, 2.05) is 6.92 Å². The molecule has 0 saturated carbocycles. The van der Waals surface area contributed by atoms with Crippen molar-refractivity contribution in [1.82, 2.24) is 0 Å². The smallest absolute Gasteiger partial charge is 0.331 e. The first-order valence-corrected chi connectivity index (χ1v) is 9.09. The largest absolute Gasteiger partial charge is 0.496 e. The Labute approximate surface area is 173 Å². The molecule has 9 nitrogen and oxygen atoms in total. The molecule has 1 atom stereocenters. The fourth-order valence-electron chi connectivity index (χ4n) is 2.40. The van der Waals surface area contributed by atoms with Gasteiger partial charge in [0.05, 0.1) is 24.7 Å². The number of rotatable bonds is 9. The van der Waals surface area contributed by atoms with E-state index in [1.165, 1.54) is 44.4 Å². The van der Waals surface area contributed by atoms with Gasteiger partial charge in [0.1, 0.15) is 17.2 Å². The van der Waals surface area contributed by atoms with Crippen LogP contribution in [0.3, 0.4) is 0 Å². The molecule has 1 N–H and O–H groups in total. The first-order chi connectivity index (χ1) is 14.3. The first kappa shape index (κ1) is 22.4. The lowest BCUT2D eigenvalue weighted by Crippen LogP contribution is -2.29. The maximum absolute atomic E-state index is 12.3. The van der Waals surface area contributed by atoms with E-state index in [2.05, 4.69) is 5.32 Å². The number of nitro groups is 1. The van der Waals surface area contributed by atoms with Crippen LogP contribution in [0.4, 0.5) is 11.4 Å². The normalized spacial score (nSPS) is 11.6. The summed E-state index contributed by atoms with van der Waals surface area (Å²) in [7, 11) is 1.37. The van der Waals surface area contributed by atoms with Gasteiger partial charge in [-0.15, -0.1) is 0 Å². The maximum Gasteiger partial charge on any atom is 0.331 e. The van der Waals surface area contributed by atoms with Crippen LogP contribution in [0.25, 0.3) is 6.08 Å². The summed E-state index contributed by atoms with van der Waals surface area (Å²) in [5, 5.41) is 13.6. The van der Waals surface area contributed by atoms with Gasteiger partial charge in [-0.25, -0.2) is 4.79 Å². The topological polar surface area (TPSA) is 117 Å². The van der Waals surface area contributed by atoms with E-state index in [4.69, 9.17) is 14.2 Å². The number of anilines is 1. The Morgan fingerprint density at radius 2 is 1.83 bits per heavy atom. The van der Waals surface area contributed by atoms with Crippen LogP contribution in [-0.2, 0) is 14.3 Å². The zero-order chi connectivity index (χ0) is 22.1. The predicted octanol–water partition coefficient (Wildman–Crippen LogP) is 3.59. The number of methoxy groups -OCH3 is 1. The summed E-state index contributed by atoms with van der Waals surface area (Å²) in [6, 6.07) is 11.1. The molecule has 158 valence electrons. The maximum atomic E-state index is 12.3. The van der Waals surface area contributed by atoms with Crippen LogP contribution in [0.1, 0.15) is 19.4 Å². The molecular weight excluding hydrogens is 392 g/mol. The average Bonchev–Trinajstić information content (AvgIpc) is 2.73. The summed E-state index contributed by atoms with van der Waals surface area (Å²) >= 11 is 0. The molecule has 0 fully saturated rings. The van der Waals surface area contributed by atoms with Gasteiger partial charge in [-0.1, -0.05) is 12.1 Å². The highest BCUT2D eigenvalue weighted by molar-refractivity contribution is 5.98. The molecule has 2 rings (SSSR count). The van der Waals surface area contributed by atoms with Crippen molar-refractivity contribution in [3.8, 4) is 11.5 Å². The van der Waals surface area contributed by atoms with E-state index in [0.717, 1.165) is 11.3 Å². The Balaban J connectivity index is 1.96. The molecule has 0 aliphatic carbocycles. The van der Waals surface area contributed by atoms with Gasteiger partial charge in [-0.3, -0.25) is 14.9 Å². The highest BCUT2D eigenvalue weighted by atomic mass is 16.6. The minimum absolute atomic E-state index is 0.0290. The molecule has 0 saturated heterocycles. The zero-order valence-corrected chi connectivity index (χ0v) is 16.8. The molecule has 0 unspecified atom stereocenters. The molecule has 2 aromatic rings. The van der Waals surface area contributed by atoms with E-state index < -0.39 is 22.9 Å². The van der Waals surface area contributed by atoms with Crippen LogP contribution in [0.5, 0.6) is 11.5 Å². The quantitative estimate of drug-likeness (QED) is 0.288. The van der Waals surface area contributed by atoms with E-state index >= 15 is 0 Å². The SMILES string of the molecule is CCOc1ccc(/C=C/C(=O)O[C@H](C)C(=O)Nc2ccc(OC)cc2[N+](=O)[O-])cc1. The Morgan fingerprint density at radius 1 is 1.17 bits per heavy atom. The van der Waals surface area contributed by atoms with E-state index in [1.54, 1.807) is 24.3 Å². The summed E-state index contributed by atoms with van der Waals surface area (Å²) in [6.07, 6.45) is 1.57. The van der Waals surface area contributed by atoms with Crippen molar-refractivity contribution < 1.29 is 28.7 Å². The molecule has 0 bridgehead atoms. The van der Waals surface area contributed by atoms with Gasteiger partial charge in [0, 0.05) is 6.08 Å². The highest BCUT2D eigenvalue weighted by Gasteiger charge is 2.22. The number of amides is 1. The summed E-state index contributed by atoms with van der Waals surface area (Å²) < 4.78 is 15.3. The highest BCUT2D eigenvalue weighted by Crippen LogP contribution is 2.29. The molecule has 9 heteroatoms. The average molecular weight is 414 g/mol. The van der Waals surface area contributed by atoms with Gasteiger partial charge < -0.3 is 19.5 Å². The minimum atomic E-state index is -1.16. The number of ether oxygens (including phenoxy) is 3. The molecule has 0 heterocycles. The summed E-state index contributed by atoms with van der Waals surface area (Å²) in [6.45, 7) is 3.81. The second-order valence-corrected chi connectivity index (χ2v) is 6.04. The van der Waals surface area contributed by atoms with Crippen LogP contribution in [-0.4, -0.2) is 36.6 Å². The van der Waals surface area contributed by atoms with Crippen LogP contribution in [0, 0.1) is 10.1 Å². The van der Waals surface area contributed by atoms with Crippen LogP contribution in [0.15, 0.2) is 48.5 Å². The molecule has 0 spiro atoms. The first-order valence-electron chi connectivity index (χ1n) is 9.09. The molecule has 0 aliphatic rings. The molecule has 30 heavy (non-hydrogen) atoms. The number of hydrogen-bond acceptors (Lipinski definition) is 7. The molecular formula is C21H22N2O7. The van der Waals surface area contributed by atoms with Crippen molar-refractivity contribution in [1.29, 1.82) is 0 Å². The van der Waals surface area contributed by atoms with Gasteiger partial charge in [0.2, 0.25) is 0 Å². The summed E-state index contributed by atoms with van der Waals surface area (Å²) in [5.74, 6) is -0.435. The predicted molar refractivity (Wildman–Crippen MR) is 110 cm³/mol. The monoisotopic (exact) mass is 414 g/mol. The van der Waals surface area contributed by atoms with Gasteiger partial charge in [-0.2, -0.15) is 0 Å². The number of nitro benzene ring substituents is 1. The molecule has 1 amide bonds. The van der Waals surface area contributed by atoms with Gasteiger partial charge in [-0.05, 0) is 49.8 Å². The van der Waals surface area contributed by atoms with Crippen molar-refractivity contribution >= 4 is 29.3 Å². The number of nitrogens with one attached hydrogen (secondary N) is 1. The third-order valence-electron chi connectivity index (χ3n) is 3.92. The Morgan fingerprint density at radius 3 is 2.43 bits per heavy atom. The Kier molecular flexibility index (Phi) is 7.92. The lowest BCUT2D eigenvalue weighted by atomic mass is 10.2. The number of hydrogen-bond donors (Lipinski definition) is 1. The van der Waals surface area contributed by atoms with Crippen molar-refractivity contribution in [2.75, 3.05) is 19.0 Å². The van der Waals surface area contributed by atoms with Crippen molar-refractivity contribution in [2.45, 2.75) is 20.0 Å². The zero-order valence-electron chi connectivity index (χ0n) is 16.8. The van der Waals surface area contributed by atoms with Crippen LogP contribution < -0.4 is 14.8 Å². The summed E-state index contributed by atoms with van der Waals surface area (Å²) in [5.41, 5.74) is 0.386. The van der Waals surface area contributed by atoms with Gasteiger partial charge in [0.15, 0.2) is 6.10 Å². The fourth-order valence-corrected chi connectivity index (χ4v) is 2.40. The second kappa shape index (κ2) is 10.6. The minimum Gasteiger partial charge on any atom is -0.496 e. The number of benzene rings is 2. The molecule has 2 aromatic carbocycles. The van der Waals surface area contributed by atoms with Gasteiger partial charge >= 0.3 is 5.97 Å². The molecule has 0 radical (unpaired) electrons. The van der Waals surface area contributed by atoms with E-state index in [-0.39, 0.29) is 17.1 Å². The fraction of sp³-hybridized carbons (Fsp3) is 0.238. The third kappa shape index (κ3) is 6.33. The second-order valence-electron chi connectivity index (χ2n) is 6.04. The van der Waals surface area contributed by atoms with Crippen LogP contribution in [0.2, 0.25) is 0 Å². The lowest BCUT2D eigenvalue weighted by molar-refractivity contribution is -0.384. The summed E-state index contributed by atoms with van der Waals surface area (Å²) in [4.78, 5) is 34.8. The Bertz CT molecular complexity index is 939. The Hall–Kier alpha value is -3.88. The third-order valence-corrected chi connectivity index (χ3v) is 3.92. The van der Waals surface area contributed by atoms with Crippen molar-refractivity contribution in [2.24, 2.45) is 0 Å². The van der Waals surface area contributed by atoms with Crippen LogP contribution >= 0.6 is 0 Å².